The largest absolute Gasteiger partial charge is 0.375 e. The van der Waals surface area contributed by atoms with Crippen molar-refractivity contribution in [2.75, 3.05) is 25.4 Å². The maximum absolute atomic E-state index is 5.98. The van der Waals surface area contributed by atoms with E-state index in [1.165, 1.54) is 5.56 Å². The number of morpholine rings is 1. The Labute approximate surface area is 164 Å². The van der Waals surface area contributed by atoms with E-state index in [9.17, 15) is 0 Å². The van der Waals surface area contributed by atoms with Crippen molar-refractivity contribution >= 4 is 11.8 Å². The molecule has 1 fully saturated rings. The first kappa shape index (κ1) is 18.2. The number of hydrogen-bond donors (Lipinski definition) is 0. The first-order valence-electron chi connectivity index (χ1n) is 9.25. The molecule has 2 heterocycles. The lowest BCUT2D eigenvalue weighted by molar-refractivity contribution is -0.0187. The average molecular weight is 381 g/mol. The summed E-state index contributed by atoms with van der Waals surface area (Å²) in [6.45, 7) is 3.70. The van der Waals surface area contributed by atoms with Crippen LogP contribution in [0.4, 0.5) is 0 Å². The summed E-state index contributed by atoms with van der Waals surface area (Å²) in [5.74, 6) is 1.78. The fourth-order valence-electron chi connectivity index (χ4n) is 3.31. The van der Waals surface area contributed by atoms with Crippen LogP contribution in [0, 0.1) is 0 Å². The summed E-state index contributed by atoms with van der Waals surface area (Å²) >= 11 is 1.72. The van der Waals surface area contributed by atoms with Crippen molar-refractivity contribution in [3.05, 3.63) is 66.2 Å². The van der Waals surface area contributed by atoms with Crippen molar-refractivity contribution in [1.29, 1.82) is 0 Å². The van der Waals surface area contributed by atoms with Gasteiger partial charge < -0.3 is 9.30 Å². The lowest BCUT2D eigenvalue weighted by atomic mass is 10.2. The minimum Gasteiger partial charge on any atom is -0.375 e. The Morgan fingerprint density at radius 1 is 1.04 bits per heavy atom. The third kappa shape index (κ3) is 4.58. The molecule has 1 aromatic heterocycles. The molecule has 6 heteroatoms. The summed E-state index contributed by atoms with van der Waals surface area (Å²) in [6.07, 6.45) is 0.212. The van der Waals surface area contributed by atoms with E-state index in [4.69, 9.17) is 4.74 Å². The molecule has 0 amide bonds. The zero-order valence-electron chi connectivity index (χ0n) is 15.5. The highest BCUT2D eigenvalue weighted by molar-refractivity contribution is 7.99. The van der Waals surface area contributed by atoms with E-state index >= 15 is 0 Å². The molecule has 0 saturated carbocycles. The summed E-state index contributed by atoms with van der Waals surface area (Å²) < 4.78 is 8.04. The van der Waals surface area contributed by atoms with Crippen LogP contribution in [-0.4, -0.2) is 51.2 Å². The van der Waals surface area contributed by atoms with Gasteiger partial charge in [-0.3, -0.25) is 4.90 Å². The Bertz CT molecular complexity index is 853. The van der Waals surface area contributed by atoms with Crippen LogP contribution >= 0.6 is 11.8 Å². The number of rotatable bonds is 6. The summed E-state index contributed by atoms with van der Waals surface area (Å²) in [4.78, 5) is 2.47. The molecule has 140 valence electrons. The topological polar surface area (TPSA) is 43.2 Å². The first-order valence-corrected chi connectivity index (χ1v) is 10.2. The molecule has 0 spiro atoms. The SMILES string of the molecule is Cn1c(SCC2CN(Cc3ccccc3)CCO2)nnc1-c1ccccc1. The van der Waals surface area contributed by atoms with Gasteiger partial charge in [0, 0.05) is 38.0 Å². The fraction of sp³-hybridized carbons (Fsp3) is 0.333. The lowest BCUT2D eigenvalue weighted by Crippen LogP contribution is -2.43. The van der Waals surface area contributed by atoms with E-state index in [1.807, 2.05) is 25.2 Å². The van der Waals surface area contributed by atoms with Gasteiger partial charge in [0.2, 0.25) is 0 Å². The van der Waals surface area contributed by atoms with Gasteiger partial charge >= 0.3 is 0 Å². The number of aromatic nitrogens is 3. The van der Waals surface area contributed by atoms with Gasteiger partial charge in [0.05, 0.1) is 12.7 Å². The minimum absolute atomic E-state index is 0.212. The Hall–Kier alpha value is -2.15. The Balaban J connectivity index is 1.34. The molecule has 27 heavy (non-hydrogen) atoms. The number of ether oxygens (including phenoxy) is 1. The lowest BCUT2D eigenvalue weighted by Gasteiger charge is -2.32. The van der Waals surface area contributed by atoms with Crippen molar-refractivity contribution < 1.29 is 4.74 Å². The smallest absolute Gasteiger partial charge is 0.191 e. The molecule has 3 aromatic rings. The summed E-state index contributed by atoms with van der Waals surface area (Å²) in [7, 11) is 2.02. The monoisotopic (exact) mass is 380 g/mol. The molecule has 1 aliphatic rings. The zero-order chi connectivity index (χ0) is 18.5. The van der Waals surface area contributed by atoms with E-state index in [1.54, 1.807) is 11.8 Å². The van der Waals surface area contributed by atoms with E-state index in [-0.39, 0.29) is 6.10 Å². The number of thioether (sulfide) groups is 1. The van der Waals surface area contributed by atoms with Gasteiger partial charge in [-0.2, -0.15) is 0 Å². The molecule has 0 bridgehead atoms. The van der Waals surface area contributed by atoms with Gasteiger partial charge in [-0.1, -0.05) is 72.4 Å². The van der Waals surface area contributed by atoms with Crippen LogP contribution in [0.5, 0.6) is 0 Å². The molecule has 2 aromatic carbocycles. The van der Waals surface area contributed by atoms with Gasteiger partial charge in [-0.15, -0.1) is 10.2 Å². The Kier molecular flexibility index (Phi) is 5.87. The number of nitrogens with zero attached hydrogens (tertiary/aromatic N) is 4. The molecular weight excluding hydrogens is 356 g/mol. The second kappa shape index (κ2) is 8.69. The summed E-state index contributed by atoms with van der Waals surface area (Å²) in [5.41, 5.74) is 2.44. The van der Waals surface area contributed by atoms with E-state index in [0.29, 0.717) is 0 Å². The zero-order valence-corrected chi connectivity index (χ0v) is 16.3. The molecule has 1 atom stereocenters. The van der Waals surface area contributed by atoms with Gasteiger partial charge in [-0.05, 0) is 5.56 Å². The van der Waals surface area contributed by atoms with Crippen molar-refractivity contribution in [3.8, 4) is 11.4 Å². The van der Waals surface area contributed by atoms with Crippen LogP contribution in [0.2, 0.25) is 0 Å². The molecular formula is C21H24N4OS. The molecule has 1 saturated heterocycles. The number of hydrogen-bond acceptors (Lipinski definition) is 5. The molecule has 1 unspecified atom stereocenters. The fourth-order valence-corrected chi connectivity index (χ4v) is 4.23. The van der Waals surface area contributed by atoms with Crippen LogP contribution in [0.25, 0.3) is 11.4 Å². The maximum Gasteiger partial charge on any atom is 0.191 e. The van der Waals surface area contributed by atoms with E-state index in [0.717, 1.165) is 48.5 Å². The highest BCUT2D eigenvalue weighted by atomic mass is 32.2. The van der Waals surface area contributed by atoms with Gasteiger partial charge in [-0.25, -0.2) is 0 Å². The quantitative estimate of drug-likeness (QED) is 0.613. The highest BCUT2D eigenvalue weighted by Gasteiger charge is 2.22. The highest BCUT2D eigenvalue weighted by Crippen LogP contribution is 2.24. The normalized spacial score (nSPS) is 17.9. The van der Waals surface area contributed by atoms with Crippen LogP contribution in [-0.2, 0) is 18.3 Å². The third-order valence-corrected chi connectivity index (χ3v) is 5.89. The summed E-state index contributed by atoms with van der Waals surface area (Å²) in [5, 5.41) is 9.66. The van der Waals surface area contributed by atoms with Crippen LogP contribution in [0.15, 0.2) is 65.8 Å². The van der Waals surface area contributed by atoms with Crippen molar-refractivity contribution in [3.63, 3.8) is 0 Å². The minimum atomic E-state index is 0.212. The van der Waals surface area contributed by atoms with E-state index < -0.39 is 0 Å². The number of benzene rings is 2. The first-order chi connectivity index (χ1) is 13.3. The predicted molar refractivity (Wildman–Crippen MR) is 109 cm³/mol. The van der Waals surface area contributed by atoms with Crippen molar-refractivity contribution in [2.45, 2.75) is 17.8 Å². The van der Waals surface area contributed by atoms with Gasteiger partial charge in [0.15, 0.2) is 11.0 Å². The van der Waals surface area contributed by atoms with Gasteiger partial charge in [0.1, 0.15) is 0 Å². The van der Waals surface area contributed by atoms with Crippen LogP contribution < -0.4 is 0 Å². The predicted octanol–water partition coefficient (Wildman–Crippen LogP) is 3.48. The van der Waals surface area contributed by atoms with Crippen molar-refractivity contribution in [1.82, 2.24) is 19.7 Å². The maximum atomic E-state index is 5.98. The molecule has 0 N–H and O–H groups in total. The van der Waals surface area contributed by atoms with Crippen LogP contribution in [0.1, 0.15) is 5.56 Å². The second-order valence-corrected chi connectivity index (χ2v) is 7.74. The second-order valence-electron chi connectivity index (χ2n) is 6.76. The summed E-state index contributed by atoms with van der Waals surface area (Å²) in [6, 6.07) is 20.8. The molecule has 0 radical (unpaired) electrons. The van der Waals surface area contributed by atoms with Crippen LogP contribution in [0.3, 0.4) is 0 Å². The third-order valence-electron chi connectivity index (χ3n) is 4.74. The van der Waals surface area contributed by atoms with Gasteiger partial charge in [0.25, 0.3) is 0 Å². The van der Waals surface area contributed by atoms with Crippen molar-refractivity contribution in [2.24, 2.45) is 7.05 Å². The Morgan fingerprint density at radius 3 is 2.56 bits per heavy atom. The van der Waals surface area contributed by atoms with E-state index in [2.05, 4.69) is 62.1 Å². The molecule has 4 rings (SSSR count). The Morgan fingerprint density at radius 2 is 1.78 bits per heavy atom. The molecule has 5 nitrogen and oxygen atoms in total. The molecule has 1 aliphatic heterocycles. The average Bonchev–Trinajstić information content (AvgIpc) is 3.09. The molecule has 0 aliphatic carbocycles. The standard InChI is InChI=1S/C21H24N4OS/c1-24-20(18-10-6-3-7-11-18)22-23-21(24)27-16-19-15-25(12-13-26-19)14-17-8-4-2-5-9-17/h2-11,19H,12-16H2,1H3.